The van der Waals surface area contributed by atoms with E-state index in [9.17, 15) is 5.11 Å². The van der Waals surface area contributed by atoms with Crippen LogP contribution in [0, 0.1) is 5.92 Å². The highest BCUT2D eigenvalue weighted by atomic mass is 16.7. The van der Waals surface area contributed by atoms with Crippen LogP contribution < -0.4 is 0 Å². The number of benzene rings is 3. The second-order valence-electron chi connectivity index (χ2n) is 7.80. The van der Waals surface area contributed by atoms with Gasteiger partial charge in [0.1, 0.15) is 0 Å². The van der Waals surface area contributed by atoms with Crippen LogP contribution in [0.25, 0.3) is 5.76 Å². The zero-order chi connectivity index (χ0) is 20.2. The SMILES string of the molecule is CC(C)[C@@H](O)C1=C(c2ccccc2)ON(Cc2ccccc2)[C@@H]1c1ccccc1. The predicted octanol–water partition coefficient (Wildman–Crippen LogP) is 5.60. The lowest BCUT2D eigenvalue weighted by molar-refractivity contribution is -0.104. The number of hydrogen-bond donors (Lipinski definition) is 1. The van der Waals surface area contributed by atoms with E-state index in [1.165, 1.54) is 5.56 Å². The first-order chi connectivity index (χ1) is 14.1. The van der Waals surface area contributed by atoms with Crippen molar-refractivity contribution in [3.8, 4) is 0 Å². The molecule has 0 amide bonds. The molecule has 148 valence electrons. The first-order valence-electron chi connectivity index (χ1n) is 10.2. The zero-order valence-electron chi connectivity index (χ0n) is 16.9. The van der Waals surface area contributed by atoms with Crippen molar-refractivity contribution in [2.75, 3.05) is 0 Å². The minimum Gasteiger partial charge on any atom is -0.404 e. The first kappa shape index (κ1) is 19.4. The summed E-state index contributed by atoms with van der Waals surface area (Å²) in [6.45, 7) is 4.72. The minimum atomic E-state index is -0.601. The van der Waals surface area contributed by atoms with Crippen molar-refractivity contribution >= 4 is 5.76 Å². The van der Waals surface area contributed by atoms with E-state index in [4.69, 9.17) is 4.84 Å². The average Bonchev–Trinajstić information content (AvgIpc) is 3.14. The van der Waals surface area contributed by atoms with Crippen LogP contribution in [0.1, 0.15) is 36.6 Å². The van der Waals surface area contributed by atoms with Crippen LogP contribution in [0.15, 0.2) is 96.6 Å². The Bertz CT molecular complexity index is 952. The molecule has 0 saturated heterocycles. The highest BCUT2D eigenvalue weighted by Gasteiger charge is 2.40. The van der Waals surface area contributed by atoms with E-state index in [1.807, 2.05) is 85.6 Å². The molecular formula is C26H27NO2. The molecular weight excluding hydrogens is 358 g/mol. The summed E-state index contributed by atoms with van der Waals surface area (Å²) in [4.78, 5) is 6.46. The van der Waals surface area contributed by atoms with Gasteiger partial charge in [-0.3, -0.25) is 0 Å². The van der Waals surface area contributed by atoms with Crippen LogP contribution >= 0.6 is 0 Å². The molecule has 1 aliphatic heterocycles. The van der Waals surface area contributed by atoms with E-state index < -0.39 is 6.10 Å². The second kappa shape index (κ2) is 8.64. The Morgan fingerprint density at radius 1 is 0.828 bits per heavy atom. The Hall–Kier alpha value is -2.88. The molecule has 29 heavy (non-hydrogen) atoms. The molecule has 1 N–H and O–H groups in total. The van der Waals surface area contributed by atoms with Crippen LogP contribution in [0.2, 0.25) is 0 Å². The summed E-state index contributed by atoms with van der Waals surface area (Å²) in [5.74, 6) is 0.840. The normalized spacial score (nSPS) is 18.1. The molecule has 0 unspecified atom stereocenters. The van der Waals surface area contributed by atoms with Crippen molar-refractivity contribution < 1.29 is 9.94 Å². The third kappa shape index (κ3) is 4.12. The van der Waals surface area contributed by atoms with Gasteiger partial charge in [-0.2, -0.15) is 0 Å². The Kier molecular flexibility index (Phi) is 5.79. The summed E-state index contributed by atoms with van der Waals surface area (Å²) >= 11 is 0. The molecule has 0 radical (unpaired) electrons. The lowest BCUT2D eigenvalue weighted by Crippen LogP contribution is -2.28. The third-order valence-corrected chi connectivity index (χ3v) is 5.34. The van der Waals surface area contributed by atoms with Gasteiger partial charge in [0, 0.05) is 11.1 Å². The molecule has 3 aromatic carbocycles. The molecule has 0 bridgehead atoms. The lowest BCUT2D eigenvalue weighted by Gasteiger charge is -2.27. The largest absolute Gasteiger partial charge is 0.404 e. The van der Waals surface area contributed by atoms with Crippen molar-refractivity contribution in [1.82, 2.24) is 5.06 Å². The van der Waals surface area contributed by atoms with Crippen molar-refractivity contribution in [3.05, 3.63) is 113 Å². The van der Waals surface area contributed by atoms with E-state index in [1.54, 1.807) is 0 Å². The maximum atomic E-state index is 11.2. The van der Waals surface area contributed by atoms with E-state index in [0.717, 1.165) is 22.5 Å². The van der Waals surface area contributed by atoms with Gasteiger partial charge in [-0.05, 0) is 17.0 Å². The van der Waals surface area contributed by atoms with E-state index >= 15 is 0 Å². The van der Waals surface area contributed by atoms with Gasteiger partial charge in [0.15, 0.2) is 5.76 Å². The number of rotatable bonds is 6. The van der Waals surface area contributed by atoms with Gasteiger partial charge in [-0.1, -0.05) is 105 Å². The highest BCUT2D eigenvalue weighted by molar-refractivity contribution is 5.67. The average molecular weight is 386 g/mol. The van der Waals surface area contributed by atoms with Gasteiger partial charge >= 0.3 is 0 Å². The summed E-state index contributed by atoms with van der Waals surface area (Å²) in [7, 11) is 0. The van der Waals surface area contributed by atoms with Gasteiger partial charge in [0.05, 0.1) is 18.7 Å². The van der Waals surface area contributed by atoms with Crippen LogP contribution in [-0.2, 0) is 11.4 Å². The summed E-state index contributed by atoms with van der Waals surface area (Å²) in [5.41, 5.74) is 4.19. The molecule has 0 aromatic heterocycles. The highest BCUT2D eigenvalue weighted by Crippen LogP contribution is 2.45. The van der Waals surface area contributed by atoms with Gasteiger partial charge in [-0.25, -0.2) is 0 Å². The number of hydrogen-bond acceptors (Lipinski definition) is 3. The lowest BCUT2D eigenvalue weighted by atomic mass is 9.87. The predicted molar refractivity (Wildman–Crippen MR) is 116 cm³/mol. The van der Waals surface area contributed by atoms with Crippen molar-refractivity contribution in [2.45, 2.75) is 32.5 Å². The quantitative estimate of drug-likeness (QED) is 0.599. The van der Waals surface area contributed by atoms with E-state index in [0.29, 0.717) is 6.54 Å². The number of aliphatic hydroxyl groups excluding tert-OH is 1. The molecule has 0 aliphatic carbocycles. The Morgan fingerprint density at radius 2 is 1.38 bits per heavy atom. The Labute approximate surface area is 172 Å². The third-order valence-electron chi connectivity index (χ3n) is 5.34. The molecule has 1 aliphatic rings. The van der Waals surface area contributed by atoms with Crippen LogP contribution in [0.4, 0.5) is 0 Å². The second-order valence-corrected chi connectivity index (χ2v) is 7.80. The Morgan fingerprint density at radius 3 is 1.97 bits per heavy atom. The molecule has 3 heteroatoms. The molecule has 0 spiro atoms. The van der Waals surface area contributed by atoms with Crippen LogP contribution in [-0.4, -0.2) is 16.3 Å². The molecule has 3 nitrogen and oxygen atoms in total. The molecule has 3 aromatic rings. The smallest absolute Gasteiger partial charge is 0.158 e. The minimum absolute atomic E-state index is 0.0789. The Balaban J connectivity index is 1.82. The van der Waals surface area contributed by atoms with Crippen molar-refractivity contribution in [3.63, 3.8) is 0 Å². The van der Waals surface area contributed by atoms with Crippen molar-refractivity contribution in [2.24, 2.45) is 5.92 Å². The van der Waals surface area contributed by atoms with Crippen LogP contribution in [0.3, 0.4) is 0 Å². The van der Waals surface area contributed by atoms with E-state index in [-0.39, 0.29) is 12.0 Å². The van der Waals surface area contributed by atoms with E-state index in [2.05, 4.69) is 24.3 Å². The van der Waals surface area contributed by atoms with Crippen LogP contribution in [0.5, 0.6) is 0 Å². The maximum Gasteiger partial charge on any atom is 0.158 e. The molecule has 4 rings (SSSR count). The number of hydroxylamine groups is 2. The number of nitrogens with zero attached hydrogens (tertiary/aromatic N) is 1. The molecule has 2 atom stereocenters. The summed E-state index contributed by atoms with van der Waals surface area (Å²) in [6.07, 6.45) is -0.601. The van der Waals surface area contributed by atoms with Gasteiger partial charge in [0.2, 0.25) is 0 Å². The summed E-state index contributed by atoms with van der Waals surface area (Å²) < 4.78 is 0. The monoisotopic (exact) mass is 385 g/mol. The summed E-state index contributed by atoms with van der Waals surface area (Å²) in [6, 6.07) is 30.5. The van der Waals surface area contributed by atoms with Gasteiger partial charge < -0.3 is 9.94 Å². The summed E-state index contributed by atoms with van der Waals surface area (Å²) in [5, 5.41) is 13.2. The fourth-order valence-corrected chi connectivity index (χ4v) is 3.83. The molecule has 0 saturated carbocycles. The first-order valence-corrected chi connectivity index (χ1v) is 10.2. The maximum absolute atomic E-state index is 11.2. The molecule has 1 heterocycles. The fraction of sp³-hybridized carbons (Fsp3) is 0.231. The zero-order valence-corrected chi connectivity index (χ0v) is 16.9. The molecule has 0 fully saturated rings. The standard InChI is InChI=1S/C26H27NO2/c1-19(2)25(28)23-24(21-14-8-4-9-15-21)27(18-20-12-6-3-7-13-20)29-26(23)22-16-10-5-11-17-22/h3-17,19,24-25,28H,18H2,1-2H3/t24-,25-/m1/s1. The van der Waals surface area contributed by atoms with Crippen molar-refractivity contribution in [1.29, 1.82) is 0 Å². The fourth-order valence-electron chi connectivity index (χ4n) is 3.83. The number of aliphatic hydroxyl groups is 1. The van der Waals surface area contributed by atoms with Gasteiger partial charge in [-0.15, -0.1) is 5.06 Å². The van der Waals surface area contributed by atoms with Gasteiger partial charge in [0.25, 0.3) is 0 Å². The topological polar surface area (TPSA) is 32.7 Å².